The zero-order valence-electron chi connectivity index (χ0n) is 16.0. The van der Waals surface area contributed by atoms with Gasteiger partial charge in [0.25, 0.3) is 0 Å². The number of halogens is 2. The molecule has 2 aromatic carbocycles. The van der Waals surface area contributed by atoms with Gasteiger partial charge in [-0.1, -0.05) is 6.07 Å². The lowest BCUT2D eigenvalue weighted by atomic mass is 9.80. The Balaban J connectivity index is 1.52. The van der Waals surface area contributed by atoms with Crippen LogP contribution in [0.25, 0.3) is 5.57 Å². The zero-order chi connectivity index (χ0) is 20.4. The fraction of sp³-hybridized carbons (Fsp3) is 0.348. The molecule has 1 unspecified atom stereocenters. The summed E-state index contributed by atoms with van der Waals surface area (Å²) < 4.78 is 38.7. The molecule has 0 radical (unpaired) electrons. The first kappa shape index (κ1) is 18.3. The van der Waals surface area contributed by atoms with E-state index in [4.69, 9.17) is 9.47 Å². The molecule has 1 aliphatic carbocycles. The van der Waals surface area contributed by atoms with Gasteiger partial charge in [0.1, 0.15) is 11.5 Å². The molecule has 0 spiro atoms. The van der Waals surface area contributed by atoms with E-state index in [1.165, 1.54) is 12.1 Å². The first-order valence-electron chi connectivity index (χ1n) is 9.73. The third-order valence-corrected chi connectivity index (χ3v) is 6.29. The molecule has 2 bridgehead atoms. The normalized spacial score (nSPS) is 27.7. The molecule has 2 heterocycles. The Bertz CT molecular complexity index is 1050. The van der Waals surface area contributed by atoms with Crippen LogP contribution in [0.5, 0.6) is 11.5 Å². The summed E-state index contributed by atoms with van der Waals surface area (Å²) in [5.74, 6) is -2.43. The van der Waals surface area contributed by atoms with Crippen molar-refractivity contribution in [3.05, 3.63) is 64.4 Å². The molecule has 5 rings (SSSR count). The number of ketones is 1. The summed E-state index contributed by atoms with van der Waals surface area (Å²) in [7, 11) is 0. The second-order valence-electron chi connectivity index (χ2n) is 8.05. The van der Waals surface area contributed by atoms with Gasteiger partial charge < -0.3 is 14.6 Å². The lowest BCUT2D eigenvalue weighted by Gasteiger charge is -2.19. The molecule has 150 valence electrons. The first-order valence-corrected chi connectivity index (χ1v) is 9.73. The lowest BCUT2D eigenvalue weighted by molar-refractivity contribution is -0.118. The Hall–Kier alpha value is -2.73. The fourth-order valence-corrected chi connectivity index (χ4v) is 5.14. The number of allylic oxidation sites excluding steroid dienone is 1. The molecule has 2 aromatic rings. The maximum absolute atomic E-state index is 13.9. The number of hydrogen-bond donors (Lipinski definition) is 1. The molecule has 6 heteroatoms. The van der Waals surface area contributed by atoms with E-state index >= 15 is 0 Å². The number of carbonyl (C=O) groups excluding carboxylic acids is 1. The number of carbonyl (C=O) groups is 1. The molecule has 2 fully saturated rings. The third-order valence-electron chi connectivity index (χ3n) is 6.29. The molecule has 2 aliphatic heterocycles. The number of benzene rings is 2. The van der Waals surface area contributed by atoms with Gasteiger partial charge >= 0.3 is 0 Å². The molecule has 2 saturated heterocycles. The van der Waals surface area contributed by atoms with E-state index in [0.29, 0.717) is 16.9 Å². The third kappa shape index (κ3) is 2.62. The van der Waals surface area contributed by atoms with Crippen LogP contribution in [0.4, 0.5) is 8.78 Å². The van der Waals surface area contributed by atoms with Crippen LogP contribution >= 0.6 is 0 Å². The van der Waals surface area contributed by atoms with Gasteiger partial charge in [-0.25, -0.2) is 4.39 Å². The molecular formula is C23H20F2O4. The molecule has 1 N–H and O–H groups in total. The molecule has 4 nitrogen and oxygen atoms in total. The Labute approximate surface area is 166 Å². The fourth-order valence-electron chi connectivity index (χ4n) is 5.14. The molecule has 29 heavy (non-hydrogen) atoms. The number of fused-ring (bicyclic) bond motifs is 5. The summed E-state index contributed by atoms with van der Waals surface area (Å²) in [6.07, 6.45) is 1.50. The monoisotopic (exact) mass is 398 g/mol. The molecule has 0 saturated carbocycles. The number of aliphatic hydroxyl groups is 1. The minimum Gasteiger partial charge on any atom is -0.511 e. The van der Waals surface area contributed by atoms with Crippen LogP contribution in [0.15, 0.2) is 36.1 Å². The standard InChI is InChI=1S/C23H20F2O4/c1-10-8-12(28-16-5-3-4-13(24)21(16)25)9-11(2)17(10)20-22(26)18-14-6-7-15(29-14)19(18)23(20)27/h3-5,8-9,14-15,18-19,26H,6-7H2,1-2H3/t14-,15+,18-,19?/m1/s1. The average Bonchev–Trinajstić information content (AvgIpc) is 3.34. The van der Waals surface area contributed by atoms with Crippen LogP contribution in [0.1, 0.15) is 29.5 Å². The molecule has 3 aliphatic rings. The SMILES string of the molecule is Cc1cc(Oc2cccc(F)c2F)cc(C)c1C1=C(O)[C@H]2C(C1=O)[C@@H]1CC[C@H]2O1. The van der Waals surface area contributed by atoms with E-state index in [1.54, 1.807) is 12.1 Å². The van der Waals surface area contributed by atoms with Crippen molar-refractivity contribution in [3.8, 4) is 11.5 Å². The number of hydrogen-bond acceptors (Lipinski definition) is 4. The zero-order valence-corrected chi connectivity index (χ0v) is 16.0. The Morgan fingerprint density at radius 3 is 2.38 bits per heavy atom. The van der Waals surface area contributed by atoms with Crippen molar-refractivity contribution in [1.82, 2.24) is 0 Å². The van der Waals surface area contributed by atoms with Crippen LogP contribution in [0, 0.1) is 37.3 Å². The molecule has 0 amide bonds. The summed E-state index contributed by atoms with van der Waals surface area (Å²) in [5, 5.41) is 10.9. The van der Waals surface area contributed by atoms with Crippen molar-refractivity contribution in [2.24, 2.45) is 11.8 Å². The van der Waals surface area contributed by atoms with Crippen molar-refractivity contribution in [2.75, 3.05) is 0 Å². The van der Waals surface area contributed by atoms with Gasteiger partial charge in [0.05, 0.1) is 29.6 Å². The van der Waals surface area contributed by atoms with Crippen LogP contribution < -0.4 is 4.74 Å². The average molecular weight is 398 g/mol. The van der Waals surface area contributed by atoms with Gasteiger partial charge in [-0.3, -0.25) is 4.79 Å². The number of Topliss-reactive ketones (excluding diaryl/α,β-unsaturated/α-hetero) is 1. The predicted molar refractivity (Wildman–Crippen MR) is 102 cm³/mol. The predicted octanol–water partition coefficient (Wildman–Crippen LogP) is 5.02. The van der Waals surface area contributed by atoms with Crippen molar-refractivity contribution in [3.63, 3.8) is 0 Å². The van der Waals surface area contributed by atoms with E-state index in [1.807, 2.05) is 13.8 Å². The van der Waals surface area contributed by atoms with Gasteiger partial charge in [0.2, 0.25) is 5.82 Å². The van der Waals surface area contributed by atoms with Crippen molar-refractivity contribution < 1.29 is 28.2 Å². The van der Waals surface area contributed by atoms with E-state index in [2.05, 4.69) is 0 Å². The second kappa shape index (κ2) is 6.39. The highest BCUT2D eigenvalue weighted by molar-refractivity contribution is 6.26. The van der Waals surface area contributed by atoms with Crippen LogP contribution in [-0.4, -0.2) is 23.1 Å². The van der Waals surface area contributed by atoms with Crippen LogP contribution in [0.3, 0.4) is 0 Å². The van der Waals surface area contributed by atoms with Gasteiger partial charge in [-0.15, -0.1) is 0 Å². The van der Waals surface area contributed by atoms with Gasteiger partial charge in [-0.2, -0.15) is 4.39 Å². The second-order valence-corrected chi connectivity index (χ2v) is 8.05. The highest BCUT2D eigenvalue weighted by Gasteiger charge is 2.59. The van der Waals surface area contributed by atoms with E-state index in [0.717, 1.165) is 30.0 Å². The summed E-state index contributed by atoms with van der Waals surface area (Å²) in [4.78, 5) is 13.1. The van der Waals surface area contributed by atoms with Gasteiger partial charge in [0.15, 0.2) is 17.3 Å². The van der Waals surface area contributed by atoms with Crippen molar-refractivity contribution >= 4 is 11.4 Å². The number of aliphatic hydroxyl groups excluding tert-OH is 1. The highest BCUT2D eigenvalue weighted by Crippen LogP contribution is 2.54. The van der Waals surface area contributed by atoms with E-state index < -0.39 is 11.6 Å². The van der Waals surface area contributed by atoms with E-state index in [9.17, 15) is 18.7 Å². The molecule has 4 atom stereocenters. The quantitative estimate of drug-likeness (QED) is 0.789. The minimum absolute atomic E-state index is 0.0734. The van der Waals surface area contributed by atoms with E-state index in [-0.39, 0.29) is 41.3 Å². The molecular weight excluding hydrogens is 378 g/mol. The minimum atomic E-state index is -1.05. The maximum Gasteiger partial charge on any atom is 0.201 e. The number of rotatable bonds is 3. The maximum atomic E-state index is 13.9. The van der Waals surface area contributed by atoms with Crippen LogP contribution in [-0.2, 0) is 9.53 Å². The van der Waals surface area contributed by atoms with Crippen LogP contribution in [0.2, 0.25) is 0 Å². The number of aryl methyl sites for hydroxylation is 2. The Kier molecular flexibility index (Phi) is 4.03. The van der Waals surface area contributed by atoms with Gasteiger partial charge in [0, 0.05) is 0 Å². The largest absolute Gasteiger partial charge is 0.511 e. The highest BCUT2D eigenvalue weighted by atomic mass is 19.2. The Morgan fingerprint density at radius 1 is 1.07 bits per heavy atom. The summed E-state index contributed by atoms with van der Waals surface area (Å²) in [6.45, 7) is 3.62. The van der Waals surface area contributed by atoms with Crippen molar-refractivity contribution in [1.29, 1.82) is 0 Å². The number of ether oxygens (including phenoxy) is 2. The Morgan fingerprint density at radius 2 is 1.72 bits per heavy atom. The summed E-state index contributed by atoms with van der Waals surface area (Å²) in [5.41, 5.74) is 2.48. The van der Waals surface area contributed by atoms with Crippen molar-refractivity contribution in [2.45, 2.75) is 38.9 Å². The van der Waals surface area contributed by atoms with Gasteiger partial charge in [-0.05, 0) is 67.6 Å². The summed E-state index contributed by atoms with van der Waals surface area (Å²) in [6, 6.07) is 7.08. The topological polar surface area (TPSA) is 55.8 Å². The summed E-state index contributed by atoms with van der Waals surface area (Å²) >= 11 is 0. The molecule has 0 aromatic heterocycles. The first-order chi connectivity index (χ1) is 13.9. The lowest BCUT2D eigenvalue weighted by Crippen LogP contribution is -2.29. The smallest absolute Gasteiger partial charge is 0.201 e.